The van der Waals surface area contributed by atoms with Crippen LogP contribution in [0, 0.1) is 0 Å². The number of ether oxygens (including phenoxy) is 1. The van der Waals surface area contributed by atoms with Gasteiger partial charge in [0, 0.05) is 23.0 Å². The predicted molar refractivity (Wildman–Crippen MR) is 96.7 cm³/mol. The van der Waals surface area contributed by atoms with Crippen LogP contribution in [0.25, 0.3) is 0 Å². The molecule has 11 nitrogen and oxygen atoms in total. The summed E-state index contributed by atoms with van der Waals surface area (Å²) in [6.07, 6.45) is 1.26. The van der Waals surface area contributed by atoms with Gasteiger partial charge in [-0.15, -0.1) is 5.10 Å². The summed E-state index contributed by atoms with van der Waals surface area (Å²) in [5, 5.41) is 21.9. The van der Waals surface area contributed by atoms with E-state index in [4.69, 9.17) is 4.74 Å². The first kappa shape index (κ1) is 19.2. The van der Waals surface area contributed by atoms with Crippen LogP contribution in [0.1, 0.15) is 12.0 Å². The van der Waals surface area contributed by atoms with Gasteiger partial charge in [-0.2, -0.15) is 5.10 Å². The maximum absolute atomic E-state index is 11.7. The molecule has 0 spiro atoms. The molecule has 0 fully saturated rings. The Balaban J connectivity index is 1.87. The summed E-state index contributed by atoms with van der Waals surface area (Å²) in [4.78, 5) is 35.9. The van der Waals surface area contributed by atoms with Gasteiger partial charge in [0.05, 0.1) is 13.3 Å². The fourth-order valence-corrected chi connectivity index (χ4v) is 2.29. The quantitative estimate of drug-likeness (QED) is 0.304. The Kier molecular flexibility index (Phi) is 6.49. The van der Waals surface area contributed by atoms with E-state index in [9.17, 15) is 19.5 Å². The Labute approximate surface area is 154 Å². The number of phenolic OH excluding ortho intramolecular Hbond substituents is 1. The van der Waals surface area contributed by atoms with Crippen molar-refractivity contribution in [3.8, 4) is 11.5 Å². The van der Waals surface area contributed by atoms with Gasteiger partial charge >= 0.3 is 5.69 Å². The fraction of sp³-hybridized carbons (Fsp3) is 0.214. The molecule has 0 atom stereocenters. The molecule has 0 aliphatic heterocycles. The summed E-state index contributed by atoms with van der Waals surface area (Å²) < 4.78 is 5.68. The Morgan fingerprint density at radius 2 is 2.23 bits per heavy atom. The molecule has 5 N–H and O–H groups in total. The van der Waals surface area contributed by atoms with Crippen LogP contribution in [0.2, 0.25) is 0 Å². The molecule has 12 heteroatoms. The summed E-state index contributed by atoms with van der Waals surface area (Å²) in [5.41, 5.74) is 1.22. The molecule has 2 aromatic rings. The van der Waals surface area contributed by atoms with Crippen LogP contribution in [-0.4, -0.2) is 46.1 Å². The van der Waals surface area contributed by atoms with Gasteiger partial charge in [0.25, 0.3) is 5.56 Å². The number of aromatic nitrogens is 3. The number of aromatic amines is 2. The number of hydrogen-bond donors (Lipinski definition) is 5. The van der Waals surface area contributed by atoms with Gasteiger partial charge in [0.2, 0.25) is 11.7 Å². The van der Waals surface area contributed by atoms with E-state index in [0.29, 0.717) is 10.0 Å². The van der Waals surface area contributed by atoms with E-state index in [1.807, 2.05) is 4.98 Å². The van der Waals surface area contributed by atoms with E-state index < -0.39 is 17.2 Å². The number of phenols is 1. The first-order valence-corrected chi connectivity index (χ1v) is 8.01. The number of rotatable bonds is 7. The molecule has 1 amide bonds. The molecular weight excluding hydrogens is 412 g/mol. The second-order valence-electron chi connectivity index (χ2n) is 4.87. The Bertz CT molecular complexity index is 938. The third-order valence-electron chi connectivity index (χ3n) is 3.04. The molecule has 0 saturated carbocycles. The number of carbonyl (C=O) groups is 1. The Morgan fingerprint density at radius 3 is 2.92 bits per heavy atom. The number of benzene rings is 1. The van der Waals surface area contributed by atoms with E-state index in [1.165, 1.54) is 13.3 Å². The SMILES string of the molecule is COc1cc(Br)cc(/C=N/NC(=O)CCNc2n[nH]c(=O)[nH]c2=O)c1O. The zero-order valence-corrected chi connectivity index (χ0v) is 15.1. The van der Waals surface area contributed by atoms with Crippen molar-refractivity contribution in [1.82, 2.24) is 20.6 Å². The number of halogens is 1. The van der Waals surface area contributed by atoms with Gasteiger partial charge in [-0.05, 0) is 12.1 Å². The highest BCUT2D eigenvalue weighted by Crippen LogP contribution is 2.32. The van der Waals surface area contributed by atoms with Crippen molar-refractivity contribution in [1.29, 1.82) is 0 Å². The zero-order chi connectivity index (χ0) is 19.1. The number of amides is 1. The highest BCUT2D eigenvalue weighted by Gasteiger charge is 2.08. The van der Waals surface area contributed by atoms with Crippen LogP contribution in [0.4, 0.5) is 5.82 Å². The Hall–Kier alpha value is -3.15. The minimum absolute atomic E-state index is 0.00856. The summed E-state index contributed by atoms with van der Waals surface area (Å²) in [6, 6.07) is 3.19. The molecule has 1 aromatic heterocycles. The molecule has 0 aliphatic rings. The van der Waals surface area contributed by atoms with Crippen LogP contribution in [0.5, 0.6) is 11.5 Å². The summed E-state index contributed by atoms with van der Waals surface area (Å²) in [7, 11) is 1.42. The standard InChI is InChI=1S/C14H15BrN6O5/c1-26-9-5-8(15)4-7(11(9)23)6-17-19-10(22)2-3-16-12-13(24)18-14(25)21-20-12/h4-6,23H,2-3H2,1H3,(H,16,20)(H,19,22)(H2,18,21,24,25)/b17-6+. The minimum atomic E-state index is -0.722. The van der Waals surface area contributed by atoms with Gasteiger partial charge in [-0.3, -0.25) is 14.6 Å². The van der Waals surface area contributed by atoms with Crippen molar-refractivity contribution in [3.63, 3.8) is 0 Å². The van der Waals surface area contributed by atoms with Gasteiger partial charge in [-0.1, -0.05) is 15.9 Å². The number of hydrogen-bond acceptors (Lipinski definition) is 8. The van der Waals surface area contributed by atoms with Crippen LogP contribution < -0.4 is 26.7 Å². The molecule has 1 aromatic carbocycles. The van der Waals surface area contributed by atoms with E-state index >= 15 is 0 Å². The number of nitrogens with zero attached hydrogens (tertiary/aromatic N) is 2. The highest BCUT2D eigenvalue weighted by atomic mass is 79.9. The summed E-state index contributed by atoms with van der Waals surface area (Å²) >= 11 is 3.27. The number of hydrazone groups is 1. The van der Waals surface area contributed by atoms with Crippen molar-refractivity contribution in [2.24, 2.45) is 5.10 Å². The lowest BCUT2D eigenvalue weighted by Gasteiger charge is -2.07. The van der Waals surface area contributed by atoms with E-state index in [-0.39, 0.29) is 30.3 Å². The number of carbonyl (C=O) groups excluding carboxylic acids is 1. The lowest BCUT2D eigenvalue weighted by molar-refractivity contribution is -0.120. The fourth-order valence-electron chi connectivity index (χ4n) is 1.84. The zero-order valence-electron chi connectivity index (χ0n) is 13.5. The third-order valence-corrected chi connectivity index (χ3v) is 3.50. The van der Waals surface area contributed by atoms with Gasteiger partial charge in [0.1, 0.15) is 0 Å². The predicted octanol–water partition coefficient (Wildman–Crippen LogP) is -0.113. The number of nitrogens with one attached hydrogen (secondary N) is 4. The summed E-state index contributed by atoms with van der Waals surface area (Å²) in [6.45, 7) is 0.0967. The molecule has 26 heavy (non-hydrogen) atoms. The maximum Gasteiger partial charge on any atom is 0.342 e. The van der Waals surface area contributed by atoms with E-state index in [2.05, 4.69) is 42.0 Å². The lowest BCUT2D eigenvalue weighted by Crippen LogP contribution is -2.28. The average molecular weight is 427 g/mol. The maximum atomic E-state index is 11.7. The number of anilines is 1. The first-order chi connectivity index (χ1) is 12.4. The van der Waals surface area contributed by atoms with Gasteiger partial charge < -0.3 is 15.2 Å². The molecule has 0 unspecified atom stereocenters. The van der Waals surface area contributed by atoms with Crippen LogP contribution in [0.15, 0.2) is 31.3 Å². The monoisotopic (exact) mass is 426 g/mol. The summed E-state index contributed by atoms with van der Waals surface area (Å²) in [5.74, 6) is -0.392. The molecule has 0 aliphatic carbocycles. The first-order valence-electron chi connectivity index (χ1n) is 7.22. The van der Waals surface area contributed by atoms with Crippen LogP contribution in [0.3, 0.4) is 0 Å². The molecular formula is C14H15BrN6O5. The molecule has 0 radical (unpaired) electrons. The van der Waals surface area contributed by atoms with Crippen molar-refractivity contribution in [3.05, 3.63) is 43.0 Å². The third kappa shape index (κ3) is 5.17. The molecule has 0 bridgehead atoms. The molecule has 1 heterocycles. The largest absolute Gasteiger partial charge is 0.504 e. The van der Waals surface area contributed by atoms with Crippen molar-refractivity contribution >= 4 is 33.9 Å². The molecule has 138 valence electrons. The van der Waals surface area contributed by atoms with E-state index in [0.717, 1.165) is 0 Å². The molecule has 2 rings (SSSR count). The molecule has 0 saturated heterocycles. The second-order valence-corrected chi connectivity index (χ2v) is 5.79. The van der Waals surface area contributed by atoms with Crippen LogP contribution >= 0.6 is 15.9 Å². The number of H-pyrrole nitrogens is 2. The van der Waals surface area contributed by atoms with Crippen molar-refractivity contribution < 1.29 is 14.6 Å². The van der Waals surface area contributed by atoms with Gasteiger partial charge in [-0.25, -0.2) is 15.3 Å². The lowest BCUT2D eigenvalue weighted by atomic mass is 10.2. The van der Waals surface area contributed by atoms with E-state index in [1.54, 1.807) is 12.1 Å². The topological polar surface area (TPSA) is 162 Å². The second kappa shape index (κ2) is 8.80. The minimum Gasteiger partial charge on any atom is -0.504 e. The smallest absolute Gasteiger partial charge is 0.342 e. The van der Waals surface area contributed by atoms with Crippen LogP contribution in [-0.2, 0) is 4.79 Å². The Morgan fingerprint density at radius 1 is 1.46 bits per heavy atom. The average Bonchev–Trinajstić information content (AvgIpc) is 2.59. The van der Waals surface area contributed by atoms with Crippen molar-refractivity contribution in [2.45, 2.75) is 6.42 Å². The highest BCUT2D eigenvalue weighted by molar-refractivity contribution is 9.10. The number of methoxy groups -OCH3 is 1. The van der Waals surface area contributed by atoms with Gasteiger partial charge in [0.15, 0.2) is 11.5 Å². The van der Waals surface area contributed by atoms with Crippen molar-refractivity contribution in [2.75, 3.05) is 19.0 Å². The normalized spacial score (nSPS) is 10.7. The number of aromatic hydroxyl groups is 1.